The van der Waals surface area contributed by atoms with Crippen LogP contribution in [0.4, 0.5) is 9.59 Å². The van der Waals surface area contributed by atoms with Gasteiger partial charge in [-0.3, -0.25) is 4.79 Å². The second kappa shape index (κ2) is 23.7. The maximum atomic E-state index is 13.9. The van der Waals surface area contributed by atoms with Gasteiger partial charge in [0.15, 0.2) is 12.4 Å². The second-order valence-electron chi connectivity index (χ2n) is 16.1. The van der Waals surface area contributed by atoms with Gasteiger partial charge in [0.05, 0.1) is 42.4 Å². The number of para-hydroxylation sites is 1. The predicted octanol–water partition coefficient (Wildman–Crippen LogP) is 2.16. The Morgan fingerprint density at radius 3 is 2.35 bits per heavy atom. The number of esters is 1. The number of amides is 3. The number of pyridine rings is 1. The molecule has 3 aromatic rings. The van der Waals surface area contributed by atoms with E-state index in [4.69, 9.17) is 35.7 Å². The van der Waals surface area contributed by atoms with E-state index in [9.17, 15) is 43.2 Å². The topological polar surface area (TPSA) is 258 Å². The van der Waals surface area contributed by atoms with Gasteiger partial charge < -0.3 is 60.0 Å². The fraction of sp³-hybridized carbons (Fsp3) is 0.545. The van der Waals surface area contributed by atoms with Crippen LogP contribution in [0.3, 0.4) is 0 Å². The molecule has 2 aliphatic carbocycles. The first kappa shape index (κ1) is 51.3. The number of unbranched alkanes of at least 4 members (excludes halogenated alkanes) is 1. The van der Waals surface area contributed by atoms with Crippen molar-refractivity contribution in [1.29, 1.82) is 0 Å². The van der Waals surface area contributed by atoms with Crippen molar-refractivity contribution in [3.8, 4) is 16.9 Å². The number of sulfonamides is 1. The number of hydrogen-bond acceptors (Lipinski definition) is 14. The van der Waals surface area contributed by atoms with Crippen LogP contribution in [0.25, 0.3) is 11.1 Å². The molecule has 0 saturated heterocycles. The summed E-state index contributed by atoms with van der Waals surface area (Å²) in [5.41, 5.74) is 2.23. The molecular weight excluding hydrogens is 890 g/mol. The number of carbonyl (C=O) groups is 3. The molecule has 5 rings (SSSR count). The summed E-state index contributed by atoms with van der Waals surface area (Å²) in [4.78, 5) is 37.5. The largest absolute Gasteiger partial charge is 0.490 e. The van der Waals surface area contributed by atoms with E-state index in [2.05, 4.69) is 10.6 Å². The highest BCUT2D eigenvalue weighted by Gasteiger charge is 2.49. The molecule has 21 heteroatoms. The molecule has 65 heavy (non-hydrogen) atoms. The third-order valence-electron chi connectivity index (χ3n) is 11.0. The van der Waals surface area contributed by atoms with Crippen LogP contribution in [0.15, 0.2) is 65.8 Å². The molecule has 0 bridgehead atoms. The summed E-state index contributed by atoms with van der Waals surface area (Å²) >= 11 is 6.68. The van der Waals surface area contributed by atoms with Crippen molar-refractivity contribution < 1.29 is 71.8 Å². The zero-order chi connectivity index (χ0) is 47.3. The first-order valence-corrected chi connectivity index (χ1v) is 23.4. The smallest absolute Gasteiger partial charge is 0.414 e. The lowest BCUT2D eigenvalue weighted by Gasteiger charge is -2.25. The molecule has 0 spiro atoms. The van der Waals surface area contributed by atoms with E-state index in [0.29, 0.717) is 36.3 Å². The van der Waals surface area contributed by atoms with E-state index in [-0.39, 0.29) is 57.1 Å². The fourth-order valence-electron chi connectivity index (χ4n) is 6.83. The Morgan fingerprint density at radius 2 is 1.68 bits per heavy atom. The number of nitrogens with one attached hydrogen (secondary N) is 2. The summed E-state index contributed by atoms with van der Waals surface area (Å²) in [6, 6.07) is 13.5. The maximum Gasteiger partial charge on any atom is 0.414 e. The fourth-order valence-corrected chi connectivity index (χ4v) is 8.54. The number of ether oxygens (including phenoxy) is 4. The van der Waals surface area contributed by atoms with E-state index >= 15 is 0 Å². The van der Waals surface area contributed by atoms with E-state index < -0.39 is 71.3 Å². The highest BCUT2D eigenvalue weighted by atomic mass is 35.5. The zero-order valence-electron chi connectivity index (χ0n) is 36.8. The van der Waals surface area contributed by atoms with Crippen molar-refractivity contribution in [1.82, 2.24) is 19.8 Å². The van der Waals surface area contributed by atoms with Crippen molar-refractivity contribution in [2.24, 2.45) is 0 Å². The van der Waals surface area contributed by atoms with E-state index in [1.54, 1.807) is 24.7 Å². The van der Waals surface area contributed by atoms with Crippen LogP contribution in [0.5, 0.6) is 5.75 Å². The van der Waals surface area contributed by atoms with E-state index in [1.807, 2.05) is 36.5 Å². The lowest BCUT2D eigenvalue weighted by atomic mass is 9.96. The molecule has 2 aliphatic rings. The Kier molecular flexibility index (Phi) is 18.7. The van der Waals surface area contributed by atoms with Gasteiger partial charge in [0.2, 0.25) is 10.0 Å². The average Bonchev–Trinajstić information content (AvgIpc) is 4.25. The van der Waals surface area contributed by atoms with Crippen LogP contribution in [-0.4, -0.2) is 145 Å². The van der Waals surface area contributed by atoms with Gasteiger partial charge in [-0.2, -0.15) is 8.87 Å². The number of aliphatic hydroxyl groups excluding tert-OH is 5. The number of aliphatic hydroxyl groups is 5. The van der Waals surface area contributed by atoms with Crippen LogP contribution in [0, 0.1) is 0 Å². The molecule has 0 radical (unpaired) electrons. The Bertz CT molecular complexity index is 2190. The number of likely N-dealkylation sites (N-methyl/N-ethyl adjacent to an activating group) is 1. The van der Waals surface area contributed by atoms with Crippen LogP contribution in [0.1, 0.15) is 63.5 Å². The van der Waals surface area contributed by atoms with Gasteiger partial charge in [-0.1, -0.05) is 36.7 Å². The molecule has 2 fully saturated rings. The Hall–Kier alpha value is -4.64. The zero-order valence-corrected chi connectivity index (χ0v) is 38.4. The quantitative estimate of drug-likeness (QED) is 0.0346. The number of urea groups is 1. The molecule has 1 aromatic heterocycles. The molecule has 3 amide bonds. The first-order chi connectivity index (χ1) is 31.0. The van der Waals surface area contributed by atoms with E-state index in [0.717, 1.165) is 35.3 Å². The molecule has 1 heterocycles. The number of nitrogens with zero attached hydrogens (tertiary/aromatic N) is 3. The van der Waals surface area contributed by atoms with Gasteiger partial charge in [0, 0.05) is 62.4 Å². The lowest BCUT2D eigenvalue weighted by molar-refractivity contribution is -0.728. The highest BCUT2D eigenvalue weighted by molar-refractivity contribution is 7.89. The SMILES string of the molecule is CCN(CCCCNC(=O)NCC(O)C(O)C(O)C(O)CO)S(=O)(=O)c1ccc(Cl)c(COC2(c3c[n+](COC(=O)N(C)CCOC(C)=O)ccc3-c3ccccc3OC3CC3)CC2)c1. The van der Waals surface area contributed by atoms with Crippen LogP contribution in [0.2, 0.25) is 5.02 Å². The number of rotatable bonds is 26. The molecule has 19 nitrogen and oxygen atoms in total. The standard InChI is InChI=1S/C44H60ClN5O14S/c1-4-50(19-8-7-18-46-42(57)47-24-37(53)40(55)41(56)38(54)26-51)65(59,60)32-13-14-36(45)30(23-32)27-63-44(16-17-44)35-25-49(28-62-43(58)48(3)21-22-61-29(2)52)20-15-33(35)34-9-5-6-10-39(34)64-31-11-12-31/h5-6,9-10,13-15,20,23,25,31,37-38,40-41,51,53-56H,4,7-8,11-12,16-19,21-22,24,26-28H2,1-3H3,(H-,46,47,57)/p+1. The van der Waals surface area contributed by atoms with Crippen LogP contribution < -0.4 is 19.9 Å². The summed E-state index contributed by atoms with van der Waals surface area (Å²) < 4.78 is 54.4. The molecule has 4 unspecified atom stereocenters. The Labute approximate surface area is 383 Å². The molecule has 0 aliphatic heterocycles. The minimum Gasteiger partial charge on any atom is -0.490 e. The van der Waals surface area contributed by atoms with Crippen LogP contribution >= 0.6 is 11.6 Å². The summed E-state index contributed by atoms with van der Waals surface area (Å²) in [5.74, 6) is 0.288. The number of aromatic nitrogens is 1. The monoisotopic (exact) mass is 950 g/mol. The van der Waals surface area contributed by atoms with Gasteiger partial charge in [-0.05, 0) is 68.4 Å². The second-order valence-corrected chi connectivity index (χ2v) is 18.4. The van der Waals surface area contributed by atoms with E-state index in [1.165, 1.54) is 34.3 Å². The molecule has 2 aromatic carbocycles. The highest BCUT2D eigenvalue weighted by Crippen LogP contribution is 2.53. The molecule has 358 valence electrons. The Morgan fingerprint density at radius 1 is 0.954 bits per heavy atom. The lowest BCUT2D eigenvalue weighted by Crippen LogP contribution is -2.50. The summed E-state index contributed by atoms with van der Waals surface area (Å²) in [6.45, 7) is 2.29. The number of hydrogen-bond donors (Lipinski definition) is 7. The van der Waals surface area contributed by atoms with Crippen molar-refractivity contribution in [2.75, 3.05) is 53.0 Å². The van der Waals surface area contributed by atoms with Crippen molar-refractivity contribution in [3.05, 3.63) is 77.1 Å². The minimum atomic E-state index is -3.98. The number of carbonyl (C=O) groups excluding carboxylic acids is 3. The maximum absolute atomic E-state index is 13.9. The third kappa shape index (κ3) is 14.4. The van der Waals surface area contributed by atoms with Gasteiger partial charge in [0.1, 0.15) is 36.3 Å². The molecule has 4 atom stereocenters. The molecule has 7 N–H and O–H groups in total. The van der Waals surface area contributed by atoms with Gasteiger partial charge in [-0.25, -0.2) is 18.0 Å². The normalized spacial score (nSPS) is 16.2. The van der Waals surface area contributed by atoms with Crippen molar-refractivity contribution in [3.63, 3.8) is 0 Å². The van der Waals surface area contributed by atoms with Gasteiger partial charge in [0.25, 0.3) is 6.73 Å². The third-order valence-corrected chi connectivity index (χ3v) is 13.4. The summed E-state index contributed by atoms with van der Waals surface area (Å²) in [7, 11) is -2.44. The molecular formula is C44H61ClN5O14S+. The van der Waals surface area contributed by atoms with Crippen molar-refractivity contribution in [2.45, 2.75) is 107 Å². The number of halogens is 1. The predicted molar refractivity (Wildman–Crippen MR) is 235 cm³/mol. The molecule has 2 saturated carbocycles. The first-order valence-electron chi connectivity index (χ1n) is 21.6. The van der Waals surface area contributed by atoms with Gasteiger partial charge in [-0.15, -0.1) is 0 Å². The Balaban J connectivity index is 1.23. The summed E-state index contributed by atoms with van der Waals surface area (Å²) in [6.07, 6.45) is 0.350. The minimum absolute atomic E-state index is 0.0140. The summed E-state index contributed by atoms with van der Waals surface area (Å²) in [5, 5.41) is 53.3. The average molecular weight is 952 g/mol. The van der Waals surface area contributed by atoms with Crippen LogP contribution in [-0.2, 0) is 48.0 Å². The number of benzene rings is 2. The van der Waals surface area contributed by atoms with Gasteiger partial charge >= 0.3 is 18.1 Å². The van der Waals surface area contributed by atoms with Crippen molar-refractivity contribution >= 4 is 39.7 Å².